The molecule has 2 rings (SSSR count). The van der Waals surface area contributed by atoms with Crippen molar-refractivity contribution in [3.05, 3.63) is 28.8 Å². The molecule has 39 heavy (non-hydrogen) atoms. The maximum absolute atomic E-state index is 14.0. The third-order valence-corrected chi connectivity index (χ3v) is 8.22. The fraction of sp³-hybridized carbons (Fsp3) is 0.679. The van der Waals surface area contributed by atoms with E-state index < -0.39 is 17.0 Å². The summed E-state index contributed by atoms with van der Waals surface area (Å²) in [6.45, 7) is 16.7. The highest BCUT2D eigenvalue weighted by molar-refractivity contribution is 7.83. The van der Waals surface area contributed by atoms with Gasteiger partial charge in [0.05, 0.1) is 17.5 Å². The molecule has 0 aliphatic carbocycles. The van der Waals surface area contributed by atoms with Crippen LogP contribution in [0.4, 0.5) is 4.79 Å². The van der Waals surface area contributed by atoms with Crippen LogP contribution < -0.4 is 16.2 Å². The third kappa shape index (κ3) is 9.20. The Hall–Kier alpha value is -2.66. The summed E-state index contributed by atoms with van der Waals surface area (Å²) in [5.74, 6) is 0.516. The summed E-state index contributed by atoms with van der Waals surface area (Å²) >= 11 is 0. The maximum atomic E-state index is 14.0. The predicted molar refractivity (Wildman–Crippen MR) is 157 cm³/mol. The monoisotopic (exact) mass is 564 g/mol. The summed E-state index contributed by atoms with van der Waals surface area (Å²) in [6, 6.07) is 3.61. The zero-order chi connectivity index (χ0) is 29.3. The Balaban J connectivity index is 2.33. The highest BCUT2D eigenvalue weighted by atomic mass is 32.2. The second kappa shape index (κ2) is 15.2. The molecule has 0 saturated carbocycles. The number of ether oxygens (including phenoxy) is 1. The Morgan fingerprint density at radius 3 is 1.97 bits per heavy atom. The molecule has 11 heteroatoms. The maximum Gasteiger partial charge on any atom is 0.409 e. The van der Waals surface area contributed by atoms with Gasteiger partial charge < -0.3 is 26.0 Å². The molecule has 10 nitrogen and oxygen atoms in total. The molecule has 0 spiro atoms. The van der Waals surface area contributed by atoms with Gasteiger partial charge >= 0.3 is 6.09 Å². The Labute approximate surface area is 236 Å². The van der Waals surface area contributed by atoms with Crippen LogP contribution in [0.3, 0.4) is 0 Å². The molecule has 5 N–H and O–H groups in total. The van der Waals surface area contributed by atoms with E-state index >= 15 is 0 Å². The molecule has 0 aromatic heterocycles. The summed E-state index contributed by atoms with van der Waals surface area (Å²) in [6.07, 6.45) is 0.587. The van der Waals surface area contributed by atoms with E-state index in [4.69, 9.17) is 16.2 Å². The number of nitrogens with two attached hydrogens (primary N) is 2. The summed E-state index contributed by atoms with van der Waals surface area (Å²) in [5, 5.41) is 0. The smallest absolute Gasteiger partial charge is 0.409 e. The van der Waals surface area contributed by atoms with Crippen molar-refractivity contribution in [2.75, 3.05) is 39.3 Å². The van der Waals surface area contributed by atoms with Gasteiger partial charge in [-0.1, -0.05) is 53.7 Å². The van der Waals surface area contributed by atoms with Crippen molar-refractivity contribution in [1.29, 1.82) is 0 Å². The van der Waals surface area contributed by atoms with E-state index in [-0.39, 0.29) is 29.8 Å². The van der Waals surface area contributed by atoms with E-state index in [1.54, 1.807) is 16.7 Å². The predicted octanol–water partition coefficient (Wildman–Crippen LogP) is 3.39. The van der Waals surface area contributed by atoms with Crippen LogP contribution in [0.25, 0.3) is 0 Å². The number of piperazine rings is 1. The van der Waals surface area contributed by atoms with Crippen molar-refractivity contribution in [3.63, 3.8) is 0 Å². The number of hydrogen-bond donors (Lipinski definition) is 3. The summed E-state index contributed by atoms with van der Waals surface area (Å²) in [5.41, 5.74) is 14.2. The minimum Gasteiger partial charge on any atom is -0.450 e. The van der Waals surface area contributed by atoms with Crippen molar-refractivity contribution in [3.8, 4) is 0 Å². The van der Waals surface area contributed by atoms with Crippen molar-refractivity contribution in [2.45, 2.75) is 90.0 Å². The minimum atomic E-state index is -1.62. The Morgan fingerprint density at radius 2 is 1.51 bits per heavy atom. The van der Waals surface area contributed by atoms with Gasteiger partial charge in [-0.25, -0.2) is 13.7 Å². The van der Waals surface area contributed by atoms with Gasteiger partial charge in [0.2, 0.25) is 5.91 Å². The third-order valence-electron chi connectivity index (χ3n) is 6.87. The first kappa shape index (κ1) is 32.6. The summed E-state index contributed by atoms with van der Waals surface area (Å²) in [4.78, 5) is 33.9. The Morgan fingerprint density at radius 1 is 0.974 bits per heavy atom. The number of rotatable bonds is 12. The number of nitrogens with zero attached hydrogens (tertiary/aromatic N) is 3. The second-order valence-corrected chi connectivity index (χ2v) is 12.1. The molecule has 1 aliphatic heterocycles. The highest BCUT2D eigenvalue weighted by Gasteiger charge is 2.31. The second-order valence-electron chi connectivity index (χ2n) is 10.9. The fourth-order valence-electron chi connectivity index (χ4n) is 4.57. The van der Waals surface area contributed by atoms with Gasteiger partial charge in [0.1, 0.15) is 11.0 Å². The SMILES string of the molecule is CCOC(=O)N1CCN(C(=O)[C@H](CCCN=C(N)N)NS(=O)c2c(C(C)C)cc(C(C)C)cc2C(C)C)CC1. The normalized spacial score (nSPS) is 15.5. The number of guanidine groups is 1. The number of nitrogens with one attached hydrogen (secondary N) is 1. The lowest BCUT2D eigenvalue weighted by Gasteiger charge is -2.36. The van der Waals surface area contributed by atoms with Gasteiger partial charge in [0.25, 0.3) is 0 Å². The molecule has 1 fully saturated rings. The van der Waals surface area contributed by atoms with E-state index in [9.17, 15) is 13.8 Å². The molecule has 1 aromatic carbocycles. The molecule has 1 aliphatic rings. The van der Waals surface area contributed by atoms with Crippen molar-refractivity contribution in [1.82, 2.24) is 14.5 Å². The van der Waals surface area contributed by atoms with Crippen LogP contribution in [0.2, 0.25) is 0 Å². The van der Waals surface area contributed by atoms with E-state index in [1.807, 2.05) is 0 Å². The lowest BCUT2D eigenvalue weighted by Crippen LogP contribution is -2.55. The summed E-state index contributed by atoms with van der Waals surface area (Å²) < 4.78 is 22.3. The zero-order valence-electron chi connectivity index (χ0n) is 24.7. The van der Waals surface area contributed by atoms with Crippen LogP contribution in [0.15, 0.2) is 22.0 Å². The number of benzene rings is 1. The van der Waals surface area contributed by atoms with Crippen LogP contribution in [-0.4, -0.2) is 77.3 Å². The van der Waals surface area contributed by atoms with E-state index in [0.717, 1.165) is 16.0 Å². The first-order chi connectivity index (χ1) is 18.4. The molecule has 2 atom stereocenters. The van der Waals surface area contributed by atoms with Crippen LogP contribution in [0.5, 0.6) is 0 Å². The van der Waals surface area contributed by atoms with Crippen LogP contribution in [-0.2, 0) is 20.5 Å². The topological polar surface area (TPSA) is 143 Å². The van der Waals surface area contributed by atoms with Gasteiger partial charge in [0, 0.05) is 32.7 Å². The molecule has 0 bridgehead atoms. The molecule has 2 amide bonds. The minimum absolute atomic E-state index is 0.00195. The standard InChI is InChI=1S/C28H48N6O4S/c1-8-38-28(36)34-14-12-33(13-15-34)26(35)24(10-9-11-31-27(29)30)32-39(37)25-22(19(4)5)16-21(18(2)3)17-23(25)20(6)7/h16-20,24,32H,8-15H2,1-7H3,(H4,29,30,31)/t24-,39?/m0/s1. The van der Waals surface area contributed by atoms with Gasteiger partial charge in [-0.2, -0.15) is 0 Å². The van der Waals surface area contributed by atoms with Gasteiger partial charge in [-0.05, 0) is 54.2 Å². The average Bonchev–Trinajstić information content (AvgIpc) is 2.88. The van der Waals surface area contributed by atoms with E-state index in [2.05, 4.69) is 63.4 Å². The average molecular weight is 565 g/mol. The quantitative estimate of drug-likeness (QED) is 0.202. The van der Waals surface area contributed by atoms with Gasteiger partial charge in [-0.15, -0.1) is 0 Å². The molecule has 1 heterocycles. The van der Waals surface area contributed by atoms with Gasteiger partial charge in [0.15, 0.2) is 5.96 Å². The van der Waals surface area contributed by atoms with Crippen LogP contribution in [0.1, 0.15) is 95.8 Å². The van der Waals surface area contributed by atoms with Crippen molar-refractivity contribution < 1.29 is 18.5 Å². The molecule has 1 unspecified atom stereocenters. The Kier molecular flexibility index (Phi) is 12.7. The molecular weight excluding hydrogens is 516 g/mol. The Bertz CT molecular complexity index is 1000. The first-order valence-corrected chi connectivity index (χ1v) is 15.1. The number of carbonyl (C=O) groups excluding carboxylic acids is 2. The largest absolute Gasteiger partial charge is 0.450 e. The van der Waals surface area contributed by atoms with E-state index in [0.29, 0.717) is 58.1 Å². The molecular formula is C28H48N6O4S. The molecule has 1 aromatic rings. The highest BCUT2D eigenvalue weighted by Crippen LogP contribution is 2.34. The number of hydrogen-bond acceptors (Lipinski definition) is 5. The first-order valence-electron chi connectivity index (χ1n) is 14.0. The lowest BCUT2D eigenvalue weighted by atomic mass is 9.89. The number of carbonyl (C=O) groups is 2. The van der Waals surface area contributed by atoms with E-state index in [1.165, 1.54) is 5.56 Å². The number of amides is 2. The van der Waals surface area contributed by atoms with Crippen molar-refractivity contribution >= 4 is 28.9 Å². The van der Waals surface area contributed by atoms with Gasteiger partial charge in [-0.3, -0.25) is 9.79 Å². The molecule has 1 saturated heterocycles. The number of aliphatic imine (C=N–C) groups is 1. The van der Waals surface area contributed by atoms with Crippen LogP contribution in [0, 0.1) is 0 Å². The fourth-order valence-corrected chi connectivity index (χ4v) is 6.19. The van der Waals surface area contributed by atoms with Crippen LogP contribution >= 0.6 is 0 Å². The molecule has 0 radical (unpaired) electrons. The van der Waals surface area contributed by atoms with Crippen molar-refractivity contribution in [2.24, 2.45) is 16.5 Å². The molecule has 220 valence electrons. The summed E-state index contributed by atoms with van der Waals surface area (Å²) in [7, 11) is -1.62. The zero-order valence-corrected chi connectivity index (χ0v) is 25.5. The lowest BCUT2D eigenvalue weighted by molar-refractivity contribution is -0.134.